The Morgan fingerprint density at radius 3 is 1.63 bits per heavy atom. The molecule has 4 aliphatic heterocycles. The third-order valence-corrected chi connectivity index (χ3v) is 12.1. The molecule has 0 unspecified atom stereocenters. The Morgan fingerprint density at radius 2 is 1.21 bits per heavy atom. The number of fused-ring (bicyclic) bond motifs is 2. The first kappa shape index (κ1) is 28.7. The molecule has 192 valence electrons. The van der Waals surface area contributed by atoms with Crippen LogP contribution in [0, 0.1) is 0 Å². The molecule has 0 radical (unpaired) electrons. The topological polar surface area (TPSA) is 77.1 Å². The van der Waals surface area contributed by atoms with E-state index in [1.165, 1.54) is 0 Å². The Labute approximate surface area is 261 Å². The summed E-state index contributed by atoms with van der Waals surface area (Å²) < 4.78 is 38.4. The average Bonchev–Trinajstić information content (AvgIpc) is 3.45. The monoisotopic (exact) mass is 612 g/mol. The number of rotatable bonds is 6. The first-order chi connectivity index (χ1) is 18.0. The first-order valence-corrected chi connectivity index (χ1v) is 16.6. The minimum absolute atomic E-state index is 0. The quantitative estimate of drug-likeness (QED) is 0.344. The smallest absolute Gasteiger partial charge is 0.736 e. The maximum Gasteiger partial charge on any atom is 1.00 e. The van der Waals surface area contributed by atoms with Gasteiger partial charge < -0.3 is 23.4 Å². The van der Waals surface area contributed by atoms with Crippen LogP contribution in [0.1, 0.15) is 24.0 Å². The maximum atomic E-state index is 13.5. The molecule has 0 aliphatic carbocycles. The predicted molar refractivity (Wildman–Crippen MR) is 152 cm³/mol. The van der Waals surface area contributed by atoms with Crippen LogP contribution in [0.15, 0.2) is 78.0 Å². The number of allylic oxidation sites excluding steroid dienone is 4. The van der Waals surface area contributed by atoms with E-state index in [0.717, 1.165) is 53.8 Å². The van der Waals surface area contributed by atoms with Crippen LogP contribution in [0.3, 0.4) is 0 Å². The van der Waals surface area contributed by atoms with Crippen LogP contribution < -0.4 is 43.9 Å². The zero-order valence-corrected chi connectivity index (χ0v) is 27.1. The summed E-state index contributed by atoms with van der Waals surface area (Å²) in [5.74, 6) is 3.69. The van der Waals surface area contributed by atoms with Crippen LogP contribution in [0.25, 0.3) is 11.5 Å². The summed E-state index contributed by atoms with van der Waals surface area (Å²) >= 11 is 6.69. The van der Waals surface area contributed by atoms with Gasteiger partial charge in [-0.05, 0) is 60.4 Å². The normalized spacial score (nSPS) is 18.1. The van der Waals surface area contributed by atoms with E-state index in [9.17, 15) is 9.46 Å². The second-order valence-corrected chi connectivity index (χ2v) is 14.4. The van der Waals surface area contributed by atoms with Gasteiger partial charge in [-0.25, -0.2) is 4.57 Å². The Balaban J connectivity index is 0.00000294. The van der Waals surface area contributed by atoms with Crippen LogP contribution in [-0.2, 0) is 13.6 Å². The molecule has 0 N–H and O–H groups in total. The van der Waals surface area contributed by atoms with Gasteiger partial charge in [0.05, 0.1) is 24.0 Å². The maximum absolute atomic E-state index is 13.5. The van der Waals surface area contributed by atoms with Crippen LogP contribution in [0.5, 0.6) is 11.5 Å². The van der Waals surface area contributed by atoms with Gasteiger partial charge >= 0.3 is 37.4 Å². The number of phosphoric acid groups is 1. The molecule has 0 saturated heterocycles. The first-order valence-electron chi connectivity index (χ1n) is 11.5. The molecule has 0 bridgehead atoms. The van der Waals surface area contributed by atoms with Crippen molar-refractivity contribution >= 4 is 66.4 Å². The standard InChI is InChI=1S/C26H23O6PS4.Na/c1-29-19-7-3-5-17-21(13-15-9-11-34-25(15)36-23(17)19)31-33(27,28)32-22-14-16-10-12-35-26(16)37-24-18(22)6-4-8-20(24)30-2;/h3-8,13-14H,9-12H2,1-2H3,(H,27,28);/q;+1/p-1. The van der Waals surface area contributed by atoms with Crippen LogP contribution >= 0.6 is 54.9 Å². The summed E-state index contributed by atoms with van der Waals surface area (Å²) in [6.45, 7) is 0. The molecule has 0 fully saturated rings. The fraction of sp³-hybridized carbons (Fsp3) is 0.231. The fourth-order valence-corrected chi connectivity index (χ4v) is 10.4. The molecular weight excluding hydrogens is 591 g/mol. The Hall–Kier alpha value is -0.810. The van der Waals surface area contributed by atoms with Crippen LogP contribution in [0.4, 0.5) is 0 Å². The summed E-state index contributed by atoms with van der Waals surface area (Å²) in [6, 6.07) is 11.1. The van der Waals surface area contributed by atoms with Crippen molar-refractivity contribution in [1.29, 1.82) is 0 Å². The van der Waals surface area contributed by atoms with Gasteiger partial charge in [-0.1, -0.05) is 35.7 Å². The molecule has 0 spiro atoms. The van der Waals surface area contributed by atoms with Gasteiger partial charge in [0, 0.05) is 31.1 Å². The van der Waals surface area contributed by atoms with Gasteiger partial charge in [-0.3, -0.25) is 0 Å². The number of thioether (sulfide) groups is 4. The van der Waals surface area contributed by atoms with Crippen LogP contribution in [0.2, 0.25) is 0 Å². The van der Waals surface area contributed by atoms with Gasteiger partial charge in [0.25, 0.3) is 0 Å². The van der Waals surface area contributed by atoms with E-state index in [1.54, 1.807) is 61.3 Å². The third-order valence-electron chi connectivity index (χ3n) is 6.08. The molecule has 0 atom stereocenters. The Kier molecular flexibility index (Phi) is 9.04. The van der Waals surface area contributed by atoms with Crippen molar-refractivity contribution in [2.75, 3.05) is 25.7 Å². The number of benzene rings is 2. The predicted octanol–water partition coefficient (Wildman–Crippen LogP) is 4.50. The second-order valence-electron chi connectivity index (χ2n) is 8.35. The van der Waals surface area contributed by atoms with Crippen molar-refractivity contribution < 1.29 is 57.5 Å². The van der Waals surface area contributed by atoms with Crippen LogP contribution in [-0.4, -0.2) is 25.7 Å². The van der Waals surface area contributed by atoms with Crippen molar-refractivity contribution in [1.82, 2.24) is 0 Å². The largest absolute Gasteiger partial charge is 1.00 e. The molecule has 38 heavy (non-hydrogen) atoms. The molecular formula is C26H22NaO6PS4. The summed E-state index contributed by atoms with van der Waals surface area (Å²) in [5.41, 5.74) is 3.43. The fourth-order valence-electron chi connectivity index (χ4n) is 4.37. The van der Waals surface area contributed by atoms with Gasteiger partial charge in [0.15, 0.2) is 0 Å². The van der Waals surface area contributed by atoms with E-state index in [-0.39, 0.29) is 41.1 Å². The SMILES string of the molecule is COc1cccc2c1SC1=C(C=C2OP(=O)([O-])OC2=CC3=C(SCC3)Sc3c(OC)cccc32)CCS1.[Na+]. The molecule has 0 saturated carbocycles. The van der Waals surface area contributed by atoms with E-state index in [2.05, 4.69) is 0 Å². The van der Waals surface area contributed by atoms with Gasteiger partial charge in [-0.2, -0.15) is 0 Å². The van der Waals surface area contributed by atoms with Gasteiger partial charge in [0.1, 0.15) is 23.0 Å². The molecule has 4 heterocycles. The number of methoxy groups -OCH3 is 2. The van der Waals surface area contributed by atoms with Crippen molar-refractivity contribution in [2.45, 2.75) is 22.6 Å². The summed E-state index contributed by atoms with van der Waals surface area (Å²) in [4.78, 5) is 15.1. The van der Waals surface area contributed by atoms with E-state index in [4.69, 9.17) is 18.5 Å². The van der Waals surface area contributed by atoms with Crippen molar-refractivity contribution in [3.63, 3.8) is 0 Å². The molecule has 2 aromatic rings. The molecule has 12 heteroatoms. The van der Waals surface area contributed by atoms with E-state index < -0.39 is 7.82 Å². The summed E-state index contributed by atoms with van der Waals surface area (Å²) in [6.07, 6.45) is 5.32. The second kappa shape index (κ2) is 12.0. The van der Waals surface area contributed by atoms with E-state index in [1.807, 2.05) is 48.6 Å². The van der Waals surface area contributed by atoms with Crippen molar-refractivity contribution in [3.05, 3.63) is 79.3 Å². The van der Waals surface area contributed by atoms with E-state index in [0.29, 0.717) is 22.6 Å². The Bertz CT molecular complexity index is 1360. The number of hydrogen-bond acceptors (Lipinski definition) is 10. The third kappa shape index (κ3) is 5.67. The van der Waals surface area contributed by atoms with Crippen molar-refractivity contribution in [3.8, 4) is 11.5 Å². The number of hydrogen-bond donors (Lipinski definition) is 0. The summed E-state index contributed by atoms with van der Waals surface area (Å²) in [7, 11) is -1.63. The summed E-state index contributed by atoms with van der Waals surface area (Å²) in [5, 5.41) is 0. The van der Waals surface area contributed by atoms with Gasteiger partial charge in [0.2, 0.25) is 0 Å². The van der Waals surface area contributed by atoms with Crippen molar-refractivity contribution in [2.24, 2.45) is 0 Å². The minimum atomic E-state index is -4.84. The molecule has 0 aromatic heterocycles. The minimum Gasteiger partial charge on any atom is -0.736 e. The molecule has 2 aromatic carbocycles. The number of phosphoric ester groups is 1. The zero-order chi connectivity index (χ0) is 25.6. The number of ether oxygens (including phenoxy) is 2. The molecule has 6 nitrogen and oxygen atoms in total. The molecule has 0 amide bonds. The van der Waals surface area contributed by atoms with Gasteiger partial charge in [-0.15, -0.1) is 23.5 Å². The Morgan fingerprint density at radius 1 is 0.763 bits per heavy atom. The molecule has 6 rings (SSSR count). The zero-order valence-electron chi connectivity index (χ0n) is 21.0. The molecule has 4 aliphatic rings. The van der Waals surface area contributed by atoms with E-state index >= 15 is 0 Å². The average molecular weight is 613 g/mol.